The van der Waals surface area contributed by atoms with E-state index in [1.165, 1.54) is 38.6 Å². The minimum atomic E-state index is -2.92. The van der Waals surface area contributed by atoms with E-state index in [9.17, 15) is 78.3 Å². The average Bonchev–Trinajstić information content (AvgIpc) is 1.71. The smallest absolute Gasteiger partial charge is 0.345 e. The highest BCUT2D eigenvalue weighted by Gasteiger charge is 2.51. The van der Waals surface area contributed by atoms with Crippen molar-refractivity contribution in [2.24, 2.45) is 22.0 Å². The number of halogens is 11. The van der Waals surface area contributed by atoms with Crippen molar-refractivity contribution in [3.8, 4) is 0 Å². The summed E-state index contributed by atoms with van der Waals surface area (Å²) >= 11 is 18.4. The van der Waals surface area contributed by atoms with E-state index >= 15 is 0 Å². The molecule has 3 spiro atoms. The summed E-state index contributed by atoms with van der Waals surface area (Å²) < 4.78 is 117. The Morgan fingerprint density at radius 1 is 0.523 bits per heavy atom. The molecule has 8 heterocycles. The lowest BCUT2D eigenvalue weighted by atomic mass is 9.67. The molecule has 0 unspecified atom stereocenters. The first kappa shape index (κ1) is 81.2. The fourth-order valence-corrected chi connectivity index (χ4v) is 17.5. The number of likely N-dealkylation sites (tertiary alicyclic amines) is 1. The average molecular weight is 1620 g/mol. The van der Waals surface area contributed by atoms with E-state index in [-0.39, 0.29) is 133 Å². The molecule has 37 heteroatoms. The SMILES string of the molecule is CC(C)N(C(=O)c1[nH]cnc1C(N)=O)C1CCC2(CCCN(c3cc(F)c(F)cc3Cl)C2=O)CC1.O=C(NC1CCC2(CCCN(c3cc(F)c(F)cc3Cl)C2=O)CC1)c1nc[nH]c1C(=O)N1CC(OC(F)F)C1.O=C(NC1CCC2(CCCN(c3cc(F)c(F)cc3Cl)C2=O)CC1)c1nc[nH]c1C(=O)N1CCOCC1. The van der Waals surface area contributed by atoms with Crippen molar-refractivity contribution in [1.29, 1.82) is 0 Å². The number of aromatic nitrogens is 6. The number of primary amides is 1. The standard InChI is InChI=1S/C25H26ClF4N5O4.C25H28ClF2N5O4.C24H28ClF2N5O3/c26-15-8-16(27)17(28)9-18(15)35-7-1-4-25(23(35)38)5-2-13(3-6-25)33-21(36)19-20(32-12-31-19)22(37)34-10-14(11-34)39-24(29)30;26-16-12-17(27)18(28)13-19(16)33-7-1-4-25(24(33)36)5-2-15(3-6-25)31-22(34)20-21(30-14-29-20)23(35)32-8-10-37-11-9-32;1-13(2)32(22(34)20-19(21(28)33)29-12-30-20)14-4-7-24(8-5-14)6-3-9-31(23(24)35)18-11-17(27)16(26)10-15(18)25/h8-9,12-14,24H,1-7,10-11H2,(H,31,32)(H,33,36);12-15H,1-11H2,(H,29,30)(H,31,34);10-14H,3-9H2,1-2H3,(H2,28,33)(H,29,30). The summed E-state index contributed by atoms with van der Waals surface area (Å²) in [5.74, 6) is -9.89. The Bertz CT molecular complexity index is 4530. The third kappa shape index (κ3) is 17.1. The topological polar surface area (TPSA) is 328 Å². The summed E-state index contributed by atoms with van der Waals surface area (Å²) in [6.45, 7) is 3.71. The van der Waals surface area contributed by atoms with Crippen molar-refractivity contribution >= 4 is 105 Å². The molecule has 3 saturated carbocycles. The number of nitrogens with two attached hydrogens (primary N) is 1. The quantitative estimate of drug-likeness (QED) is 0.0411. The Morgan fingerprint density at radius 2 is 0.874 bits per heavy atom. The molecule has 14 rings (SSSR count). The van der Waals surface area contributed by atoms with Crippen LogP contribution in [-0.2, 0) is 23.9 Å². The molecule has 8 fully saturated rings. The van der Waals surface area contributed by atoms with Gasteiger partial charge in [0.25, 0.3) is 35.4 Å². The largest absolute Gasteiger partial charge is 0.378 e. The van der Waals surface area contributed by atoms with Gasteiger partial charge in [0.05, 0.1) is 70.4 Å². The van der Waals surface area contributed by atoms with Crippen LogP contribution in [-0.4, -0.2) is 194 Å². The lowest BCUT2D eigenvalue weighted by Gasteiger charge is -2.48. The van der Waals surface area contributed by atoms with E-state index in [4.69, 9.17) is 45.3 Å². The summed E-state index contributed by atoms with van der Waals surface area (Å²) in [5.41, 5.74) is 3.86. The van der Waals surface area contributed by atoms with Crippen molar-refractivity contribution in [3.05, 3.63) is 140 Å². The highest BCUT2D eigenvalue weighted by Crippen LogP contribution is 2.50. The Labute approximate surface area is 646 Å². The van der Waals surface area contributed by atoms with Gasteiger partial charge in [0.1, 0.15) is 17.1 Å². The van der Waals surface area contributed by atoms with Crippen LogP contribution in [0, 0.1) is 51.1 Å². The third-order valence-corrected chi connectivity index (χ3v) is 23.6. The molecule has 9 amide bonds. The summed E-state index contributed by atoms with van der Waals surface area (Å²) in [5, 5.41) is 5.78. The molecule has 8 aliphatic rings. The first-order valence-corrected chi connectivity index (χ1v) is 37.9. The normalized spacial score (nSPS) is 23.6. The molecule has 0 radical (unpaired) electrons. The number of imidazole rings is 3. The van der Waals surface area contributed by atoms with E-state index < -0.39 is 87.5 Å². The van der Waals surface area contributed by atoms with Crippen molar-refractivity contribution in [3.63, 3.8) is 0 Å². The molecular weight excluding hydrogens is 1530 g/mol. The molecule has 5 saturated heterocycles. The monoisotopic (exact) mass is 1610 g/mol. The van der Waals surface area contributed by atoms with Gasteiger partial charge in [-0.15, -0.1) is 0 Å². The number of alkyl halides is 2. The van der Waals surface area contributed by atoms with E-state index in [0.717, 1.165) is 36.4 Å². The van der Waals surface area contributed by atoms with Gasteiger partial charge in [0, 0.05) is 104 Å². The van der Waals surface area contributed by atoms with Crippen molar-refractivity contribution in [2.45, 2.75) is 166 Å². The van der Waals surface area contributed by atoms with Crippen LogP contribution < -0.4 is 31.1 Å². The molecule has 3 aromatic carbocycles. The first-order valence-electron chi connectivity index (χ1n) is 36.8. The molecule has 111 heavy (non-hydrogen) atoms. The Balaban J connectivity index is 0.000000155. The van der Waals surface area contributed by atoms with Gasteiger partial charge < -0.3 is 70.2 Å². The van der Waals surface area contributed by atoms with Crippen LogP contribution in [0.4, 0.5) is 52.2 Å². The molecule has 0 bridgehead atoms. The van der Waals surface area contributed by atoms with Gasteiger partial charge in [-0.25, -0.2) is 41.3 Å². The number of carbonyl (C=O) groups excluding carboxylic acids is 9. The number of aromatic amines is 3. The zero-order chi connectivity index (χ0) is 79.5. The Hall–Kier alpha value is -9.25. The second kappa shape index (κ2) is 34.0. The fraction of sp³-hybridized carbons (Fsp3) is 0.514. The van der Waals surface area contributed by atoms with Crippen molar-refractivity contribution in [1.82, 2.24) is 55.2 Å². The van der Waals surface area contributed by atoms with Gasteiger partial charge in [0.15, 0.2) is 52.0 Å². The molecule has 3 aliphatic carbocycles. The van der Waals surface area contributed by atoms with Crippen molar-refractivity contribution < 1.29 is 87.7 Å². The Kier molecular flexibility index (Phi) is 24.9. The number of ether oxygens (including phenoxy) is 2. The van der Waals surface area contributed by atoms with Crippen LogP contribution in [0.25, 0.3) is 0 Å². The maximum Gasteiger partial charge on any atom is 0.345 e. The number of hydrogen-bond donors (Lipinski definition) is 6. The fourth-order valence-electron chi connectivity index (χ4n) is 16.8. The number of benzene rings is 3. The van der Waals surface area contributed by atoms with Crippen LogP contribution >= 0.6 is 34.8 Å². The zero-order valence-corrected chi connectivity index (χ0v) is 62.8. The summed E-state index contributed by atoms with van der Waals surface area (Å²) in [6, 6.07) is 4.76. The number of morpholine rings is 1. The number of amides is 9. The van der Waals surface area contributed by atoms with Crippen LogP contribution in [0.1, 0.15) is 192 Å². The highest BCUT2D eigenvalue weighted by molar-refractivity contribution is 6.35. The molecule has 26 nitrogen and oxygen atoms in total. The van der Waals surface area contributed by atoms with Crippen LogP contribution in [0.5, 0.6) is 0 Å². The lowest BCUT2D eigenvalue weighted by molar-refractivity contribution is -0.189. The highest BCUT2D eigenvalue weighted by atomic mass is 35.5. The molecule has 0 atom stereocenters. The third-order valence-electron chi connectivity index (χ3n) is 22.7. The maximum atomic E-state index is 13.9. The number of H-pyrrole nitrogens is 3. The van der Waals surface area contributed by atoms with E-state index in [1.807, 2.05) is 13.8 Å². The maximum absolute atomic E-state index is 13.9. The van der Waals surface area contributed by atoms with E-state index in [0.29, 0.717) is 162 Å². The Morgan fingerprint density at radius 3 is 1.24 bits per heavy atom. The number of anilines is 3. The number of nitrogens with one attached hydrogen (secondary N) is 5. The van der Waals surface area contributed by atoms with Crippen LogP contribution in [0.2, 0.25) is 15.1 Å². The van der Waals surface area contributed by atoms with Gasteiger partial charge in [0.2, 0.25) is 17.7 Å². The molecule has 3 aromatic heterocycles. The number of carbonyl (C=O) groups is 9. The molecule has 6 aromatic rings. The first-order chi connectivity index (χ1) is 52.9. The van der Waals surface area contributed by atoms with Gasteiger partial charge in [-0.1, -0.05) is 34.8 Å². The number of rotatable bonds is 15. The lowest BCUT2D eigenvalue weighted by Crippen LogP contribution is -2.55. The molecule has 596 valence electrons. The van der Waals surface area contributed by atoms with Gasteiger partial charge >= 0.3 is 6.61 Å². The number of hydrogen-bond acceptors (Lipinski definition) is 14. The van der Waals surface area contributed by atoms with Gasteiger partial charge in [-0.3, -0.25) is 43.2 Å². The second-order valence-corrected chi connectivity index (χ2v) is 30.8. The minimum Gasteiger partial charge on any atom is -0.378 e. The van der Waals surface area contributed by atoms with Gasteiger partial charge in [-0.2, -0.15) is 8.78 Å². The summed E-state index contributed by atoms with van der Waals surface area (Å²) in [4.78, 5) is 146. The van der Waals surface area contributed by atoms with E-state index in [1.54, 1.807) is 9.80 Å². The number of piperidine rings is 3. The van der Waals surface area contributed by atoms with E-state index in [2.05, 4.69) is 45.3 Å². The second-order valence-electron chi connectivity index (χ2n) is 29.6. The van der Waals surface area contributed by atoms with Crippen molar-refractivity contribution in [2.75, 3.05) is 73.7 Å². The molecule has 7 N–H and O–H groups in total. The molecular formula is C74H82Cl3F8N15O11. The number of nitrogens with zero attached hydrogens (tertiary/aromatic N) is 9. The predicted octanol–water partition coefficient (Wildman–Crippen LogP) is 11.2. The van der Waals surface area contributed by atoms with Gasteiger partial charge in [-0.05, 0) is 148 Å². The predicted molar refractivity (Wildman–Crippen MR) is 387 cm³/mol. The van der Waals surface area contributed by atoms with Crippen LogP contribution in [0.15, 0.2) is 55.4 Å². The summed E-state index contributed by atoms with van der Waals surface area (Å²) in [7, 11) is 0. The molecule has 5 aliphatic heterocycles. The summed E-state index contributed by atoms with van der Waals surface area (Å²) in [6.07, 6.45) is 13.5. The van der Waals surface area contributed by atoms with Crippen LogP contribution in [0.3, 0.4) is 0 Å². The zero-order valence-electron chi connectivity index (χ0n) is 60.5. The minimum absolute atomic E-state index is 0.00770.